The summed E-state index contributed by atoms with van der Waals surface area (Å²) in [6.07, 6.45) is 9.33. The van der Waals surface area contributed by atoms with Crippen LogP contribution in [0, 0.1) is 46.3 Å². The Balaban J connectivity index is 1.52. The van der Waals surface area contributed by atoms with E-state index in [1.54, 1.807) is 6.92 Å². The molecule has 5 nitrogen and oxygen atoms in total. The van der Waals surface area contributed by atoms with Crippen LogP contribution in [-0.2, 0) is 9.53 Å². The van der Waals surface area contributed by atoms with Gasteiger partial charge in [-0.25, -0.2) is 4.79 Å². The van der Waals surface area contributed by atoms with E-state index in [4.69, 9.17) is 4.74 Å². The quantitative estimate of drug-likeness (QED) is 0.414. The Kier molecular flexibility index (Phi) is 7.08. The minimum atomic E-state index is -0.347. The number of hydrogen-bond donors (Lipinski definition) is 3. The van der Waals surface area contributed by atoms with Crippen LogP contribution in [0.15, 0.2) is 11.6 Å². The smallest absolute Gasteiger partial charge is 0.333 e. The van der Waals surface area contributed by atoms with Crippen LogP contribution in [0.4, 0.5) is 0 Å². The van der Waals surface area contributed by atoms with Crippen molar-refractivity contribution in [2.45, 2.75) is 104 Å². The van der Waals surface area contributed by atoms with Gasteiger partial charge in [-0.3, -0.25) is 0 Å². The lowest BCUT2D eigenvalue weighted by atomic mass is 9.43. The molecule has 0 heterocycles. The second-order valence-electron chi connectivity index (χ2n) is 12.5. The Labute approximate surface area is 200 Å². The van der Waals surface area contributed by atoms with Gasteiger partial charge in [0.1, 0.15) is 0 Å². The minimum Gasteiger partial charge on any atom is -0.466 e. The second kappa shape index (κ2) is 9.28. The predicted molar refractivity (Wildman–Crippen MR) is 128 cm³/mol. The summed E-state index contributed by atoms with van der Waals surface area (Å²) in [6.45, 7) is 8.79. The van der Waals surface area contributed by atoms with Gasteiger partial charge in [-0.2, -0.15) is 0 Å². The summed E-state index contributed by atoms with van der Waals surface area (Å²) >= 11 is 0. The molecule has 0 aromatic carbocycles. The topological polar surface area (TPSA) is 87.0 Å². The van der Waals surface area contributed by atoms with Gasteiger partial charge in [-0.1, -0.05) is 26.8 Å². The average Bonchev–Trinajstić information content (AvgIpc) is 3.13. The first-order chi connectivity index (χ1) is 15.5. The number of fused-ring (bicyclic) bond motifs is 5. The maximum Gasteiger partial charge on any atom is 0.333 e. The molecule has 0 aliphatic heterocycles. The Morgan fingerprint density at radius 2 is 1.82 bits per heavy atom. The molecule has 0 amide bonds. The summed E-state index contributed by atoms with van der Waals surface area (Å²) in [5.74, 6) is 1.91. The lowest BCUT2D eigenvalue weighted by Gasteiger charge is -2.63. The van der Waals surface area contributed by atoms with Gasteiger partial charge < -0.3 is 20.1 Å². The first-order valence-corrected chi connectivity index (χ1v) is 13.3. The Morgan fingerprint density at radius 1 is 1.09 bits per heavy atom. The van der Waals surface area contributed by atoms with Gasteiger partial charge in [0, 0.05) is 5.57 Å². The maximum absolute atomic E-state index is 11.7. The van der Waals surface area contributed by atoms with E-state index in [-0.39, 0.29) is 41.0 Å². The fourth-order valence-corrected chi connectivity index (χ4v) is 9.14. The van der Waals surface area contributed by atoms with Crippen LogP contribution >= 0.6 is 0 Å². The van der Waals surface area contributed by atoms with E-state index in [1.807, 2.05) is 6.08 Å². The van der Waals surface area contributed by atoms with Crippen molar-refractivity contribution in [1.82, 2.24) is 0 Å². The van der Waals surface area contributed by atoms with Crippen LogP contribution in [0.3, 0.4) is 0 Å². The molecular formula is C28H46O5. The summed E-state index contributed by atoms with van der Waals surface area (Å²) in [6, 6.07) is 0. The van der Waals surface area contributed by atoms with Crippen molar-refractivity contribution < 1.29 is 24.9 Å². The average molecular weight is 463 g/mol. The number of carbonyl (C=O) groups is 1. The number of rotatable bonds is 5. The summed E-state index contributed by atoms with van der Waals surface area (Å²) < 4.78 is 4.80. The first-order valence-electron chi connectivity index (χ1n) is 13.3. The van der Waals surface area contributed by atoms with Crippen molar-refractivity contribution in [2.75, 3.05) is 7.11 Å². The predicted octanol–water partition coefficient (Wildman–Crippen LogP) is 4.48. The molecule has 0 bridgehead atoms. The van der Waals surface area contributed by atoms with Crippen LogP contribution in [0.25, 0.3) is 0 Å². The third-order valence-electron chi connectivity index (χ3n) is 11.1. The summed E-state index contributed by atoms with van der Waals surface area (Å²) in [7, 11) is 1.41. The normalized spacial score (nSPS) is 48.4. The minimum absolute atomic E-state index is 0.116. The molecule has 4 aliphatic rings. The molecule has 3 N–H and O–H groups in total. The molecule has 0 radical (unpaired) electrons. The lowest BCUT2D eigenvalue weighted by molar-refractivity contribution is -0.207. The zero-order chi connectivity index (χ0) is 24.1. The molecular weight excluding hydrogens is 416 g/mol. The van der Waals surface area contributed by atoms with Gasteiger partial charge >= 0.3 is 5.97 Å². The highest BCUT2D eigenvalue weighted by Crippen LogP contribution is 2.68. The van der Waals surface area contributed by atoms with Gasteiger partial charge in [0.15, 0.2) is 0 Å². The third kappa shape index (κ3) is 4.10. The number of ether oxygens (including phenoxy) is 1. The standard InChI is InChI=1S/C28H46O5/c1-16(7-6-8-17(2)26(32)33-5)20-9-10-21-25-22(15-24(31)28(20,21)4)27(3)12-11-19(29)13-18(27)14-23(25)30/h8,16,18-25,29-31H,6-7,9-15H2,1-5H3/b17-8+/t16-,18+,19-,20-,21+,22+,23-,24+,25+,27+,28-/m1/s1. The molecule has 0 aromatic rings. The van der Waals surface area contributed by atoms with E-state index in [9.17, 15) is 20.1 Å². The van der Waals surface area contributed by atoms with E-state index in [1.165, 1.54) is 7.11 Å². The number of methoxy groups -OCH3 is 1. The Hall–Kier alpha value is -0.910. The highest BCUT2D eigenvalue weighted by Gasteiger charge is 2.65. The maximum atomic E-state index is 11.7. The largest absolute Gasteiger partial charge is 0.466 e. The monoisotopic (exact) mass is 462 g/mol. The molecule has 0 saturated heterocycles. The molecule has 33 heavy (non-hydrogen) atoms. The molecule has 4 rings (SSSR count). The van der Waals surface area contributed by atoms with Crippen LogP contribution in [0.2, 0.25) is 0 Å². The van der Waals surface area contributed by atoms with Crippen molar-refractivity contribution in [3.63, 3.8) is 0 Å². The second-order valence-corrected chi connectivity index (χ2v) is 12.5. The Bertz CT molecular complexity index is 763. The molecule has 5 heteroatoms. The zero-order valence-corrected chi connectivity index (χ0v) is 21.3. The van der Waals surface area contributed by atoms with E-state index in [2.05, 4.69) is 20.8 Å². The molecule has 4 aliphatic carbocycles. The molecule has 0 aromatic heterocycles. The van der Waals surface area contributed by atoms with Gasteiger partial charge in [-0.15, -0.1) is 0 Å². The van der Waals surface area contributed by atoms with Gasteiger partial charge in [0.05, 0.1) is 25.4 Å². The van der Waals surface area contributed by atoms with Crippen LogP contribution < -0.4 is 0 Å². The molecule has 4 fully saturated rings. The number of aliphatic hydroxyl groups excluding tert-OH is 3. The molecule has 0 spiro atoms. The van der Waals surface area contributed by atoms with Crippen LogP contribution in [0.1, 0.15) is 85.5 Å². The van der Waals surface area contributed by atoms with E-state index in [0.29, 0.717) is 35.2 Å². The van der Waals surface area contributed by atoms with Crippen molar-refractivity contribution >= 4 is 5.97 Å². The SMILES string of the molecule is COC(=O)/C(C)=C/CC[C@@H](C)[C@H]1CC[C@H]2[C@@H]3[C@H](O)C[C@@H]4C[C@H](O)CC[C@]4(C)[C@H]3C[C@H](O)[C@]12C. The van der Waals surface area contributed by atoms with Crippen molar-refractivity contribution in [1.29, 1.82) is 0 Å². The third-order valence-corrected chi connectivity index (χ3v) is 11.1. The zero-order valence-electron chi connectivity index (χ0n) is 21.3. The van der Waals surface area contributed by atoms with E-state index in [0.717, 1.165) is 57.8 Å². The highest BCUT2D eigenvalue weighted by atomic mass is 16.5. The summed E-state index contributed by atoms with van der Waals surface area (Å²) in [5.41, 5.74) is 0.609. The number of allylic oxidation sites excluding steroid dienone is 1. The van der Waals surface area contributed by atoms with E-state index < -0.39 is 0 Å². The number of hydrogen-bond acceptors (Lipinski definition) is 5. The molecule has 11 atom stereocenters. The molecule has 188 valence electrons. The highest BCUT2D eigenvalue weighted by molar-refractivity contribution is 5.87. The fraction of sp³-hybridized carbons (Fsp3) is 0.893. The molecule has 0 unspecified atom stereocenters. The van der Waals surface area contributed by atoms with Gasteiger partial charge in [0.25, 0.3) is 0 Å². The summed E-state index contributed by atoms with van der Waals surface area (Å²) in [4.78, 5) is 11.7. The Morgan fingerprint density at radius 3 is 2.52 bits per heavy atom. The van der Waals surface area contributed by atoms with Crippen LogP contribution in [-0.4, -0.2) is 46.7 Å². The van der Waals surface area contributed by atoms with Gasteiger partial charge in [0.2, 0.25) is 0 Å². The van der Waals surface area contributed by atoms with Gasteiger partial charge in [-0.05, 0) is 111 Å². The number of esters is 1. The summed E-state index contributed by atoms with van der Waals surface area (Å²) in [5, 5.41) is 33.3. The number of aliphatic hydroxyl groups is 3. The first kappa shape index (κ1) is 25.2. The van der Waals surface area contributed by atoms with Crippen LogP contribution in [0.5, 0.6) is 0 Å². The fourth-order valence-electron chi connectivity index (χ4n) is 9.14. The molecule has 4 saturated carbocycles. The number of carbonyl (C=O) groups excluding carboxylic acids is 1. The van der Waals surface area contributed by atoms with E-state index >= 15 is 0 Å². The van der Waals surface area contributed by atoms with Crippen molar-refractivity contribution in [3.05, 3.63) is 11.6 Å². The van der Waals surface area contributed by atoms with Crippen molar-refractivity contribution in [2.24, 2.45) is 46.3 Å². The van der Waals surface area contributed by atoms with Crippen molar-refractivity contribution in [3.8, 4) is 0 Å². The lowest BCUT2D eigenvalue weighted by Crippen LogP contribution is -2.62.